The van der Waals surface area contributed by atoms with Crippen molar-refractivity contribution < 1.29 is 8.42 Å². The normalized spacial score (nSPS) is 15.7. The van der Waals surface area contributed by atoms with E-state index in [1.165, 1.54) is 4.31 Å². The molecule has 0 N–H and O–H groups in total. The Morgan fingerprint density at radius 1 is 1.00 bits per heavy atom. The van der Waals surface area contributed by atoms with Gasteiger partial charge in [0.25, 0.3) is 0 Å². The van der Waals surface area contributed by atoms with E-state index in [1.54, 1.807) is 12.1 Å². The topological polar surface area (TPSA) is 37.4 Å². The minimum Gasteiger partial charge on any atom is -0.207 e. The molecular formula is C18H17NO2S. The Balaban J connectivity index is 1.66. The molecule has 1 fully saturated rings. The molecule has 0 radical (unpaired) electrons. The molecule has 0 spiro atoms. The molecule has 22 heavy (non-hydrogen) atoms. The first-order valence-corrected chi connectivity index (χ1v) is 8.63. The second-order valence-electron chi connectivity index (χ2n) is 5.47. The number of benzene rings is 2. The lowest BCUT2D eigenvalue weighted by atomic mass is 10.0. The van der Waals surface area contributed by atoms with E-state index >= 15 is 0 Å². The fraction of sp³-hybridized carbons (Fsp3) is 0.222. The smallest absolute Gasteiger partial charge is 0.207 e. The van der Waals surface area contributed by atoms with Crippen molar-refractivity contribution in [2.45, 2.75) is 11.8 Å². The zero-order valence-corrected chi connectivity index (χ0v) is 13.2. The Morgan fingerprint density at radius 3 is 2.27 bits per heavy atom. The molecule has 0 amide bonds. The van der Waals surface area contributed by atoms with Gasteiger partial charge in [-0.3, -0.25) is 0 Å². The van der Waals surface area contributed by atoms with Crippen molar-refractivity contribution >= 4 is 10.0 Å². The van der Waals surface area contributed by atoms with Gasteiger partial charge in [0.2, 0.25) is 10.0 Å². The highest BCUT2D eigenvalue weighted by Crippen LogP contribution is 2.24. The highest BCUT2D eigenvalue weighted by atomic mass is 32.2. The van der Waals surface area contributed by atoms with Gasteiger partial charge in [-0.15, -0.1) is 0 Å². The number of sulfonamides is 1. The fourth-order valence-corrected chi connectivity index (χ4v) is 3.82. The molecule has 2 aromatic carbocycles. The van der Waals surface area contributed by atoms with Crippen molar-refractivity contribution in [1.82, 2.24) is 4.31 Å². The van der Waals surface area contributed by atoms with Gasteiger partial charge in [0.1, 0.15) is 0 Å². The van der Waals surface area contributed by atoms with E-state index in [0.717, 1.165) is 11.1 Å². The zero-order chi connectivity index (χ0) is 15.6. The van der Waals surface area contributed by atoms with E-state index in [-0.39, 0.29) is 5.92 Å². The van der Waals surface area contributed by atoms with Gasteiger partial charge in [-0.1, -0.05) is 47.7 Å². The third-order valence-corrected chi connectivity index (χ3v) is 5.55. The monoisotopic (exact) mass is 311 g/mol. The molecule has 4 heteroatoms. The third-order valence-electron chi connectivity index (χ3n) is 3.70. The second-order valence-corrected chi connectivity index (χ2v) is 7.41. The van der Waals surface area contributed by atoms with Crippen LogP contribution in [0, 0.1) is 24.7 Å². The summed E-state index contributed by atoms with van der Waals surface area (Å²) in [6, 6.07) is 16.7. The van der Waals surface area contributed by atoms with Gasteiger partial charge in [0.05, 0.1) is 4.90 Å². The van der Waals surface area contributed by atoms with E-state index in [1.807, 2.05) is 49.4 Å². The highest BCUT2D eigenvalue weighted by molar-refractivity contribution is 7.89. The molecular weight excluding hydrogens is 294 g/mol. The van der Waals surface area contributed by atoms with Crippen LogP contribution in [-0.2, 0) is 10.0 Å². The van der Waals surface area contributed by atoms with Gasteiger partial charge in [0, 0.05) is 24.6 Å². The third kappa shape index (κ3) is 3.06. The summed E-state index contributed by atoms with van der Waals surface area (Å²) in [5.74, 6) is 6.35. The van der Waals surface area contributed by atoms with Crippen LogP contribution in [0.4, 0.5) is 0 Å². The van der Waals surface area contributed by atoms with Crippen molar-refractivity contribution in [3.63, 3.8) is 0 Å². The molecule has 3 rings (SSSR count). The van der Waals surface area contributed by atoms with Crippen molar-refractivity contribution in [2.24, 2.45) is 5.92 Å². The van der Waals surface area contributed by atoms with Crippen LogP contribution < -0.4 is 0 Å². The molecule has 0 aromatic heterocycles. The summed E-state index contributed by atoms with van der Waals surface area (Å²) in [6.07, 6.45) is 0. The van der Waals surface area contributed by atoms with Crippen molar-refractivity contribution in [2.75, 3.05) is 13.1 Å². The predicted octanol–water partition coefficient (Wildman–Crippen LogP) is 2.67. The highest BCUT2D eigenvalue weighted by Gasteiger charge is 2.35. The maximum atomic E-state index is 12.4. The molecule has 1 aliphatic rings. The number of hydrogen-bond donors (Lipinski definition) is 0. The van der Waals surface area contributed by atoms with Gasteiger partial charge >= 0.3 is 0 Å². The van der Waals surface area contributed by atoms with Crippen LogP contribution in [-0.4, -0.2) is 25.8 Å². The lowest BCUT2D eigenvalue weighted by molar-refractivity contribution is 0.250. The van der Waals surface area contributed by atoms with Crippen LogP contribution in [0.5, 0.6) is 0 Å². The van der Waals surface area contributed by atoms with E-state index < -0.39 is 10.0 Å². The molecule has 0 saturated carbocycles. The minimum absolute atomic E-state index is 0.112. The lowest BCUT2D eigenvalue weighted by Gasteiger charge is -2.35. The summed E-state index contributed by atoms with van der Waals surface area (Å²) < 4.78 is 26.3. The Morgan fingerprint density at radius 2 is 1.64 bits per heavy atom. The van der Waals surface area contributed by atoms with Crippen molar-refractivity contribution in [1.29, 1.82) is 0 Å². The van der Waals surface area contributed by atoms with Gasteiger partial charge in [-0.05, 0) is 31.2 Å². The first-order valence-electron chi connectivity index (χ1n) is 7.19. The number of hydrogen-bond acceptors (Lipinski definition) is 2. The maximum Gasteiger partial charge on any atom is 0.243 e. The van der Waals surface area contributed by atoms with Crippen LogP contribution in [0.15, 0.2) is 59.5 Å². The molecule has 2 aromatic rings. The average molecular weight is 311 g/mol. The molecule has 0 atom stereocenters. The molecule has 3 nitrogen and oxygen atoms in total. The summed E-state index contributed by atoms with van der Waals surface area (Å²) in [4.78, 5) is 0.354. The molecule has 1 heterocycles. The Kier molecular flexibility index (Phi) is 4.02. The summed E-state index contributed by atoms with van der Waals surface area (Å²) in [5, 5.41) is 0. The summed E-state index contributed by atoms with van der Waals surface area (Å²) in [6.45, 7) is 2.88. The summed E-state index contributed by atoms with van der Waals surface area (Å²) in [7, 11) is -3.37. The molecule has 1 aliphatic heterocycles. The summed E-state index contributed by atoms with van der Waals surface area (Å²) >= 11 is 0. The van der Waals surface area contributed by atoms with Gasteiger partial charge < -0.3 is 0 Å². The molecule has 112 valence electrons. The van der Waals surface area contributed by atoms with E-state index in [9.17, 15) is 8.42 Å². The zero-order valence-electron chi connectivity index (χ0n) is 12.4. The molecule has 0 unspecified atom stereocenters. The lowest BCUT2D eigenvalue weighted by Crippen LogP contribution is -2.49. The van der Waals surface area contributed by atoms with E-state index in [4.69, 9.17) is 0 Å². The van der Waals surface area contributed by atoms with E-state index in [0.29, 0.717) is 18.0 Å². The van der Waals surface area contributed by atoms with Crippen LogP contribution in [0.25, 0.3) is 0 Å². The standard InChI is InChI=1S/C18H17NO2S/c1-15-7-11-18(12-8-15)22(20,21)19-13-17(14-19)10-9-16-5-3-2-4-6-16/h2-8,11-12,17H,13-14H2,1H3. The second kappa shape index (κ2) is 5.96. The Hall–Kier alpha value is -2.09. The van der Waals surface area contributed by atoms with E-state index in [2.05, 4.69) is 11.8 Å². The first kappa shape index (κ1) is 14.8. The largest absolute Gasteiger partial charge is 0.243 e. The quantitative estimate of drug-likeness (QED) is 0.800. The SMILES string of the molecule is Cc1ccc(S(=O)(=O)N2CC(C#Cc3ccccc3)C2)cc1. The van der Waals surface area contributed by atoms with Crippen LogP contribution in [0.3, 0.4) is 0 Å². The van der Waals surface area contributed by atoms with Crippen LogP contribution in [0.2, 0.25) is 0 Å². The van der Waals surface area contributed by atoms with Gasteiger partial charge in [0.15, 0.2) is 0 Å². The maximum absolute atomic E-state index is 12.4. The van der Waals surface area contributed by atoms with Crippen molar-refractivity contribution in [3.8, 4) is 11.8 Å². The van der Waals surface area contributed by atoms with Gasteiger partial charge in [-0.2, -0.15) is 4.31 Å². The average Bonchev–Trinajstić information content (AvgIpc) is 2.47. The molecule has 1 saturated heterocycles. The molecule has 0 aliphatic carbocycles. The number of aryl methyl sites for hydroxylation is 1. The minimum atomic E-state index is -3.37. The first-order chi connectivity index (χ1) is 10.6. The number of rotatable bonds is 2. The van der Waals surface area contributed by atoms with Crippen molar-refractivity contribution in [3.05, 3.63) is 65.7 Å². The van der Waals surface area contributed by atoms with Crippen LogP contribution in [0.1, 0.15) is 11.1 Å². The Labute approximate surface area is 131 Å². The van der Waals surface area contributed by atoms with Gasteiger partial charge in [-0.25, -0.2) is 8.42 Å². The fourth-order valence-electron chi connectivity index (χ4n) is 2.29. The predicted molar refractivity (Wildman–Crippen MR) is 86.7 cm³/mol. The van der Waals surface area contributed by atoms with Crippen LogP contribution >= 0.6 is 0 Å². The molecule has 0 bridgehead atoms. The Bertz CT molecular complexity index is 809. The number of nitrogens with zero attached hydrogens (tertiary/aromatic N) is 1. The summed E-state index contributed by atoms with van der Waals surface area (Å²) in [5.41, 5.74) is 2.01.